The molecular formula is C17H22N4O6. The molecule has 10 nitrogen and oxygen atoms in total. The number of fused-ring (bicyclic) bond motifs is 1. The van der Waals surface area contributed by atoms with Gasteiger partial charge in [-0.3, -0.25) is 24.6 Å². The number of carbonyl (C=O) groups excluding carboxylic acids is 3. The molecule has 0 aromatic heterocycles. The van der Waals surface area contributed by atoms with E-state index in [1.807, 2.05) is 0 Å². The topological polar surface area (TPSA) is 142 Å². The fourth-order valence-corrected chi connectivity index (χ4v) is 2.71. The maximum absolute atomic E-state index is 12.3. The highest BCUT2D eigenvalue weighted by Gasteiger charge is 2.36. The van der Waals surface area contributed by atoms with Crippen LogP contribution in [0.15, 0.2) is 18.2 Å². The average molecular weight is 378 g/mol. The van der Waals surface area contributed by atoms with Crippen LogP contribution in [0.4, 0.5) is 10.5 Å². The van der Waals surface area contributed by atoms with Gasteiger partial charge in [0.15, 0.2) is 0 Å². The van der Waals surface area contributed by atoms with Crippen molar-refractivity contribution >= 4 is 23.5 Å². The van der Waals surface area contributed by atoms with Crippen LogP contribution in [-0.2, 0) is 0 Å². The molecule has 2 rings (SSSR count). The van der Waals surface area contributed by atoms with Crippen molar-refractivity contribution in [3.05, 3.63) is 39.4 Å². The third kappa shape index (κ3) is 5.23. The van der Waals surface area contributed by atoms with Gasteiger partial charge in [0.05, 0.1) is 16.1 Å². The number of carbonyl (C=O) groups is 3. The second-order valence-corrected chi connectivity index (χ2v) is 6.07. The lowest BCUT2D eigenvalue weighted by Crippen LogP contribution is -2.38. The Bertz CT molecular complexity index is 736. The SMILES string of the molecule is O=C(NCCCCCO)NCCCN1C(=O)c2ccc([N+](=O)[O-])cc2C1=O. The van der Waals surface area contributed by atoms with E-state index in [9.17, 15) is 24.5 Å². The van der Waals surface area contributed by atoms with Crippen LogP contribution in [0.3, 0.4) is 0 Å². The van der Waals surface area contributed by atoms with Gasteiger partial charge in [0, 0.05) is 38.4 Å². The minimum Gasteiger partial charge on any atom is -0.396 e. The molecule has 0 atom stereocenters. The van der Waals surface area contributed by atoms with Crippen molar-refractivity contribution in [2.45, 2.75) is 25.7 Å². The molecule has 27 heavy (non-hydrogen) atoms. The lowest BCUT2D eigenvalue weighted by atomic mass is 10.1. The Morgan fingerprint density at radius 3 is 2.37 bits per heavy atom. The number of hydrogen-bond donors (Lipinski definition) is 3. The molecule has 0 fully saturated rings. The number of nitrogens with one attached hydrogen (secondary N) is 2. The van der Waals surface area contributed by atoms with E-state index in [2.05, 4.69) is 10.6 Å². The minimum atomic E-state index is -0.618. The number of rotatable bonds is 10. The number of benzene rings is 1. The molecule has 0 bridgehead atoms. The Kier molecular flexibility index (Phi) is 7.24. The van der Waals surface area contributed by atoms with E-state index in [0.717, 1.165) is 23.8 Å². The molecule has 4 amide bonds. The highest BCUT2D eigenvalue weighted by Crippen LogP contribution is 2.26. The minimum absolute atomic E-state index is 0.0304. The van der Waals surface area contributed by atoms with E-state index in [1.54, 1.807) is 0 Å². The standard InChI is InChI=1S/C17H22N4O6/c22-10-3-1-2-7-18-17(25)19-8-4-9-20-15(23)13-6-5-12(21(26)27)11-14(13)16(20)24/h5-6,11,22H,1-4,7-10H2,(H2,18,19,25). The molecule has 0 spiro atoms. The van der Waals surface area contributed by atoms with Crippen molar-refractivity contribution in [1.82, 2.24) is 15.5 Å². The zero-order chi connectivity index (χ0) is 19.8. The molecule has 1 aromatic carbocycles. The number of unbranched alkanes of at least 4 members (excludes halogenated alkanes) is 2. The second kappa shape index (κ2) is 9.62. The van der Waals surface area contributed by atoms with Gasteiger partial charge < -0.3 is 15.7 Å². The quantitative estimate of drug-likeness (QED) is 0.240. The summed E-state index contributed by atoms with van der Waals surface area (Å²) in [5.41, 5.74) is -0.0592. The van der Waals surface area contributed by atoms with Crippen molar-refractivity contribution in [2.75, 3.05) is 26.2 Å². The number of hydrogen-bond acceptors (Lipinski definition) is 6. The number of aliphatic hydroxyl groups excluding tert-OH is 1. The smallest absolute Gasteiger partial charge is 0.314 e. The summed E-state index contributed by atoms with van der Waals surface area (Å²) in [6, 6.07) is 3.26. The first-order valence-corrected chi connectivity index (χ1v) is 8.73. The van der Waals surface area contributed by atoms with Crippen LogP contribution in [0.25, 0.3) is 0 Å². The molecule has 1 heterocycles. The molecule has 0 unspecified atom stereocenters. The lowest BCUT2D eigenvalue weighted by molar-refractivity contribution is -0.384. The number of non-ortho nitro benzene ring substituents is 1. The van der Waals surface area contributed by atoms with Gasteiger partial charge in [0.1, 0.15) is 0 Å². The van der Waals surface area contributed by atoms with Gasteiger partial charge >= 0.3 is 6.03 Å². The van der Waals surface area contributed by atoms with Crippen LogP contribution >= 0.6 is 0 Å². The van der Waals surface area contributed by atoms with Crippen LogP contribution in [0.1, 0.15) is 46.4 Å². The summed E-state index contributed by atoms with van der Waals surface area (Å²) < 4.78 is 0. The molecule has 1 aliphatic rings. The largest absolute Gasteiger partial charge is 0.396 e. The van der Waals surface area contributed by atoms with Crippen LogP contribution in [0.5, 0.6) is 0 Å². The predicted molar refractivity (Wildman–Crippen MR) is 95.4 cm³/mol. The number of urea groups is 1. The van der Waals surface area contributed by atoms with Gasteiger partial charge in [-0.15, -0.1) is 0 Å². The summed E-state index contributed by atoms with van der Waals surface area (Å²) in [4.78, 5) is 47.4. The molecule has 0 radical (unpaired) electrons. The zero-order valence-electron chi connectivity index (χ0n) is 14.8. The van der Waals surface area contributed by atoms with Gasteiger partial charge in [0.25, 0.3) is 17.5 Å². The van der Waals surface area contributed by atoms with E-state index in [-0.39, 0.29) is 42.5 Å². The maximum atomic E-state index is 12.3. The summed E-state index contributed by atoms with van der Waals surface area (Å²) in [5.74, 6) is -1.05. The first kappa shape index (κ1) is 20.3. The van der Waals surface area contributed by atoms with Crippen molar-refractivity contribution < 1.29 is 24.4 Å². The Labute approximate surface area is 155 Å². The van der Waals surface area contributed by atoms with Crippen molar-refractivity contribution in [1.29, 1.82) is 0 Å². The lowest BCUT2D eigenvalue weighted by Gasteiger charge is -2.14. The third-order valence-corrected chi connectivity index (χ3v) is 4.13. The molecular weight excluding hydrogens is 356 g/mol. The van der Waals surface area contributed by atoms with Crippen LogP contribution in [-0.4, -0.2) is 59.0 Å². The van der Waals surface area contributed by atoms with Gasteiger partial charge in [-0.05, 0) is 31.7 Å². The number of nitro groups is 1. The van der Waals surface area contributed by atoms with Crippen molar-refractivity contribution in [3.8, 4) is 0 Å². The molecule has 3 N–H and O–H groups in total. The van der Waals surface area contributed by atoms with Crippen molar-refractivity contribution in [3.63, 3.8) is 0 Å². The predicted octanol–water partition coefficient (Wildman–Crippen LogP) is 1.04. The van der Waals surface area contributed by atoms with Crippen LogP contribution < -0.4 is 10.6 Å². The number of amides is 4. The summed E-state index contributed by atoms with van der Waals surface area (Å²) in [6.45, 7) is 1.02. The van der Waals surface area contributed by atoms with E-state index in [1.165, 1.54) is 12.1 Å². The van der Waals surface area contributed by atoms with E-state index < -0.39 is 16.7 Å². The molecule has 1 aromatic rings. The summed E-state index contributed by atoms with van der Waals surface area (Å²) in [5, 5.41) is 24.8. The molecule has 0 saturated heterocycles. The first-order valence-electron chi connectivity index (χ1n) is 8.73. The van der Waals surface area contributed by atoms with E-state index in [0.29, 0.717) is 19.4 Å². The van der Waals surface area contributed by atoms with Crippen LogP contribution in [0, 0.1) is 10.1 Å². The first-order chi connectivity index (χ1) is 13.0. The zero-order valence-corrected chi connectivity index (χ0v) is 14.8. The molecule has 146 valence electrons. The maximum Gasteiger partial charge on any atom is 0.314 e. The summed E-state index contributed by atoms with van der Waals surface area (Å²) in [6.07, 6.45) is 2.67. The second-order valence-electron chi connectivity index (χ2n) is 6.07. The number of aliphatic hydroxyl groups is 1. The monoisotopic (exact) mass is 378 g/mol. The van der Waals surface area contributed by atoms with Crippen LogP contribution in [0.2, 0.25) is 0 Å². The van der Waals surface area contributed by atoms with Crippen molar-refractivity contribution in [2.24, 2.45) is 0 Å². The van der Waals surface area contributed by atoms with E-state index in [4.69, 9.17) is 5.11 Å². The highest BCUT2D eigenvalue weighted by molar-refractivity contribution is 6.21. The molecule has 1 aliphatic heterocycles. The van der Waals surface area contributed by atoms with Gasteiger partial charge in [0.2, 0.25) is 0 Å². The molecule has 0 aliphatic carbocycles. The number of nitrogens with zero attached hydrogens (tertiary/aromatic N) is 2. The number of imide groups is 1. The van der Waals surface area contributed by atoms with Gasteiger partial charge in [-0.25, -0.2) is 4.79 Å². The van der Waals surface area contributed by atoms with E-state index >= 15 is 0 Å². The average Bonchev–Trinajstić information content (AvgIpc) is 2.89. The highest BCUT2D eigenvalue weighted by atomic mass is 16.6. The Morgan fingerprint density at radius 2 is 1.70 bits per heavy atom. The normalized spacial score (nSPS) is 12.9. The third-order valence-electron chi connectivity index (χ3n) is 4.13. The Morgan fingerprint density at radius 1 is 1.04 bits per heavy atom. The van der Waals surface area contributed by atoms with Gasteiger partial charge in [-0.1, -0.05) is 0 Å². The summed E-state index contributed by atoms with van der Waals surface area (Å²) in [7, 11) is 0. The van der Waals surface area contributed by atoms with Gasteiger partial charge in [-0.2, -0.15) is 0 Å². The Balaban J connectivity index is 1.75. The fraction of sp³-hybridized carbons (Fsp3) is 0.471. The Hall–Kier alpha value is -3.01. The number of nitro benzene ring substituents is 1. The molecule has 0 saturated carbocycles. The fourth-order valence-electron chi connectivity index (χ4n) is 2.71. The molecule has 10 heteroatoms. The summed E-state index contributed by atoms with van der Waals surface area (Å²) >= 11 is 0.